The Morgan fingerprint density at radius 1 is 1.54 bits per heavy atom. The molecule has 0 saturated heterocycles. The van der Waals surface area contributed by atoms with E-state index in [0.717, 1.165) is 12.0 Å². The number of Topliss-reactive ketones (excluding diaryl/α,β-unsaturated/α-hetero) is 1. The molecule has 68 valence electrons. The van der Waals surface area contributed by atoms with E-state index in [0.29, 0.717) is 30.4 Å². The van der Waals surface area contributed by atoms with Crippen molar-refractivity contribution in [1.82, 2.24) is 4.98 Å². The standard InChI is InChI=1S/C10H12N2O/c11-10-6-8(3-4-12-10)7-1-2-9(13)5-7/h3-4,6-7H,1-2,5H2,(H2,11,12). The normalized spacial score (nSPS) is 22.2. The second kappa shape index (κ2) is 3.17. The molecule has 1 saturated carbocycles. The first-order chi connectivity index (χ1) is 6.25. The second-order valence-electron chi connectivity index (χ2n) is 3.49. The molecule has 3 heteroatoms. The van der Waals surface area contributed by atoms with Crippen LogP contribution in [0, 0.1) is 0 Å². The van der Waals surface area contributed by atoms with Crippen LogP contribution in [-0.4, -0.2) is 10.8 Å². The number of nitrogen functional groups attached to an aromatic ring is 1. The molecule has 1 heterocycles. The summed E-state index contributed by atoms with van der Waals surface area (Å²) in [4.78, 5) is 15.0. The van der Waals surface area contributed by atoms with E-state index < -0.39 is 0 Å². The Morgan fingerprint density at radius 3 is 3.00 bits per heavy atom. The summed E-state index contributed by atoms with van der Waals surface area (Å²) in [6.07, 6.45) is 4.05. The lowest BCUT2D eigenvalue weighted by molar-refractivity contribution is -0.117. The fraction of sp³-hybridized carbons (Fsp3) is 0.400. The molecule has 1 aliphatic carbocycles. The summed E-state index contributed by atoms with van der Waals surface area (Å²) in [6, 6.07) is 3.81. The molecule has 0 aliphatic heterocycles. The van der Waals surface area contributed by atoms with E-state index in [2.05, 4.69) is 4.98 Å². The van der Waals surface area contributed by atoms with Crippen molar-refractivity contribution in [2.45, 2.75) is 25.2 Å². The smallest absolute Gasteiger partial charge is 0.133 e. The fourth-order valence-corrected chi connectivity index (χ4v) is 1.82. The first kappa shape index (κ1) is 8.23. The Balaban J connectivity index is 2.21. The second-order valence-corrected chi connectivity index (χ2v) is 3.49. The highest BCUT2D eigenvalue weighted by Crippen LogP contribution is 2.32. The van der Waals surface area contributed by atoms with Gasteiger partial charge in [0, 0.05) is 19.0 Å². The van der Waals surface area contributed by atoms with Gasteiger partial charge < -0.3 is 5.73 Å². The summed E-state index contributed by atoms with van der Waals surface area (Å²) in [5.41, 5.74) is 6.72. The number of nitrogens with two attached hydrogens (primary N) is 1. The molecule has 13 heavy (non-hydrogen) atoms. The minimum absolute atomic E-state index is 0.361. The van der Waals surface area contributed by atoms with Gasteiger partial charge in [0.1, 0.15) is 11.6 Å². The highest BCUT2D eigenvalue weighted by Gasteiger charge is 2.23. The van der Waals surface area contributed by atoms with Crippen LogP contribution in [0.15, 0.2) is 18.3 Å². The number of anilines is 1. The van der Waals surface area contributed by atoms with E-state index >= 15 is 0 Å². The van der Waals surface area contributed by atoms with Crippen LogP contribution in [0.2, 0.25) is 0 Å². The van der Waals surface area contributed by atoms with Crippen molar-refractivity contribution < 1.29 is 4.79 Å². The molecular formula is C10H12N2O. The van der Waals surface area contributed by atoms with Gasteiger partial charge in [0.05, 0.1) is 0 Å². The zero-order chi connectivity index (χ0) is 9.26. The van der Waals surface area contributed by atoms with Crippen LogP contribution in [-0.2, 0) is 4.79 Å². The number of nitrogens with zero attached hydrogens (tertiary/aromatic N) is 1. The van der Waals surface area contributed by atoms with Gasteiger partial charge in [-0.05, 0) is 30.0 Å². The lowest BCUT2D eigenvalue weighted by atomic mass is 9.99. The molecule has 0 radical (unpaired) electrons. The number of aromatic nitrogens is 1. The van der Waals surface area contributed by atoms with Crippen LogP contribution in [0.1, 0.15) is 30.7 Å². The van der Waals surface area contributed by atoms with Gasteiger partial charge in [-0.1, -0.05) is 0 Å². The lowest BCUT2D eigenvalue weighted by Gasteiger charge is -2.07. The zero-order valence-electron chi connectivity index (χ0n) is 7.36. The number of pyridine rings is 1. The summed E-state index contributed by atoms with van der Waals surface area (Å²) in [7, 11) is 0. The molecule has 2 N–H and O–H groups in total. The minimum Gasteiger partial charge on any atom is -0.384 e. The number of carbonyl (C=O) groups is 1. The number of hydrogen-bond donors (Lipinski definition) is 1. The van der Waals surface area contributed by atoms with Gasteiger partial charge in [0.2, 0.25) is 0 Å². The van der Waals surface area contributed by atoms with Crippen molar-refractivity contribution in [3.8, 4) is 0 Å². The summed E-state index contributed by atoms with van der Waals surface area (Å²) >= 11 is 0. The largest absolute Gasteiger partial charge is 0.384 e. The number of rotatable bonds is 1. The molecule has 1 aromatic rings. The van der Waals surface area contributed by atoms with E-state index in [9.17, 15) is 4.79 Å². The van der Waals surface area contributed by atoms with Gasteiger partial charge >= 0.3 is 0 Å². The van der Waals surface area contributed by atoms with Crippen LogP contribution in [0.25, 0.3) is 0 Å². The van der Waals surface area contributed by atoms with Crippen molar-refractivity contribution in [1.29, 1.82) is 0 Å². The molecule has 0 aromatic carbocycles. The van der Waals surface area contributed by atoms with E-state index in [1.165, 1.54) is 0 Å². The third-order valence-electron chi connectivity index (χ3n) is 2.52. The van der Waals surface area contributed by atoms with Gasteiger partial charge in [-0.2, -0.15) is 0 Å². The number of carbonyl (C=O) groups excluding carboxylic acids is 1. The SMILES string of the molecule is Nc1cc(C2CCC(=O)C2)ccn1. The Bertz CT molecular complexity index is 335. The summed E-state index contributed by atoms with van der Waals surface area (Å²) in [5, 5.41) is 0. The predicted octanol–water partition coefficient (Wildman–Crippen LogP) is 1.50. The lowest BCUT2D eigenvalue weighted by Crippen LogP contribution is -1.97. The number of ketones is 1. The van der Waals surface area contributed by atoms with Crippen LogP contribution < -0.4 is 5.73 Å². The van der Waals surface area contributed by atoms with E-state index in [-0.39, 0.29) is 0 Å². The quantitative estimate of drug-likeness (QED) is 0.705. The van der Waals surface area contributed by atoms with Crippen molar-refractivity contribution in [2.24, 2.45) is 0 Å². The van der Waals surface area contributed by atoms with E-state index in [1.807, 2.05) is 12.1 Å². The Hall–Kier alpha value is -1.38. The monoisotopic (exact) mass is 176 g/mol. The summed E-state index contributed by atoms with van der Waals surface area (Å²) < 4.78 is 0. The molecule has 1 aliphatic rings. The molecule has 1 fully saturated rings. The van der Waals surface area contributed by atoms with Gasteiger partial charge in [0.15, 0.2) is 0 Å². The van der Waals surface area contributed by atoms with Gasteiger partial charge in [-0.3, -0.25) is 4.79 Å². The molecular weight excluding hydrogens is 164 g/mol. The van der Waals surface area contributed by atoms with Crippen LogP contribution in [0.5, 0.6) is 0 Å². The van der Waals surface area contributed by atoms with Crippen LogP contribution in [0.3, 0.4) is 0 Å². The van der Waals surface area contributed by atoms with Crippen molar-refractivity contribution in [3.63, 3.8) is 0 Å². The minimum atomic E-state index is 0.361. The average molecular weight is 176 g/mol. The van der Waals surface area contributed by atoms with E-state index in [4.69, 9.17) is 5.73 Å². The zero-order valence-corrected chi connectivity index (χ0v) is 7.36. The van der Waals surface area contributed by atoms with Gasteiger partial charge in [-0.15, -0.1) is 0 Å². The summed E-state index contributed by atoms with van der Waals surface area (Å²) in [5.74, 6) is 1.27. The maximum atomic E-state index is 11.1. The maximum Gasteiger partial charge on any atom is 0.133 e. The Labute approximate surface area is 77.0 Å². The molecule has 1 aromatic heterocycles. The van der Waals surface area contributed by atoms with Crippen molar-refractivity contribution >= 4 is 11.6 Å². The van der Waals surface area contributed by atoms with Gasteiger partial charge in [-0.25, -0.2) is 4.98 Å². The van der Waals surface area contributed by atoms with E-state index in [1.54, 1.807) is 6.20 Å². The van der Waals surface area contributed by atoms with Crippen molar-refractivity contribution in [3.05, 3.63) is 23.9 Å². The fourth-order valence-electron chi connectivity index (χ4n) is 1.82. The molecule has 1 unspecified atom stereocenters. The van der Waals surface area contributed by atoms with Crippen LogP contribution >= 0.6 is 0 Å². The average Bonchev–Trinajstić information content (AvgIpc) is 2.52. The third-order valence-corrected chi connectivity index (χ3v) is 2.52. The van der Waals surface area contributed by atoms with Crippen molar-refractivity contribution in [2.75, 3.05) is 5.73 Å². The first-order valence-electron chi connectivity index (χ1n) is 4.49. The Morgan fingerprint density at radius 2 is 2.38 bits per heavy atom. The first-order valence-corrected chi connectivity index (χ1v) is 4.49. The van der Waals surface area contributed by atoms with Gasteiger partial charge in [0.25, 0.3) is 0 Å². The molecule has 3 nitrogen and oxygen atoms in total. The highest BCUT2D eigenvalue weighted by molar-refractivity contribution is 5.81. The third kappa shape index (κ3) is 1.69. The highest BCUT2D eigenvalue weighted by atomic mass is 16.1. The predicted molar refractivity (Wildman–Crippen MR) is 50.2 cm³/mol. The number of hydrogen-bond acceptors (Lipinski definition) is 3. The molecule has 2 rings (SSSR count). The molecule has 1 atom stereocenters. The maximum absolute atomic E-state index is 11.1. The van der Waals surface area contributed by atoms with Crippen LogP contribution in [0.4, 0.5) is 5.82 Å². The Kier molecular flexibility index (Phi) is 2.00. The topological polar surface area (TPSA) is 56.0 Å². The molecule has 0 spiro atoms. The summed E-state index contributed by atoms with van der Waals surface area (Å²) in [6.45, 7) is 0. The molecule has 0 amide bonds. The molecule has 0 bridgehead atoms.